The number of benzene rings is 1. The normalized spacial score (nSPS) is 10.9. The van der Waals surface area contributed by atoms with Crippen LogP contribution in [0, 0.1) is 11.3 Å². The number of nitriles is 1. The van der Waals surface area contributed by atoms with E-state index in [1.807, 2.05) is 12.1 Å². The summed E-state index contributed by atoms with van der Waals surface area (Å²) in [6.07, 6.45) is 0.589. The first-order valence-corrected chi connectivity index (χ1v) is 8.17. The molecule has 0 fully saturated rings. The van der Waals surface area contributed by atoms with Crippen LogP contribution in [0.5, 0.6) is 5.06 Å². The number of carbonyl (C=O) groups excluding carboxylic acids is 1. The molecular formula is C17H11N5O3S. The van der Waals surface area contributed by atoms with E-state index in [0.717, 1.165) is 16.7 Å². The number of thiophene rings is 1. The number of hydrogen-bond donors (Lipinski definition) is 3. The lowest BCUT2D eigenvalue weighted by Gasteiger charge is -2.09. The van der Waals surface area contributed by atoms with Crippen LogP contribution in [-0.2, 0) is 0 Å². The van der Waals surface area contributed by atoms with Gasteiger partial charge < -0.3 is 26.4 Å². The zero-order chi connectivity index (χ0) is 18.4. The number of hydrogen-bond acceptors (Lipinski definition) is 8. The Balaban J connectivity index is 2.09. The van der Waals surface area contributed by atoms with Gasteiger partial charge in [0.2, 0.25) is 5.06 Å². The number of fused-ring (bicyclic) bond motifs is 2. The number of nitrogens with two attached hydrogens (primary N) is 3. The van der Waals surface area contributed by atoms with Crippen LogP contribution in [0.3, 0.4) is 0 Å². The Hall–Kier alpha value is -3.77. The Morgan fingerprint density at radius 3 is 2.85 bits per heavy atom. The van der Waals surface area contributed by atoms with Crippen molar-refractivity contribution >= 4 is 50.1 Å². The fraction of sp³-hybridized carbons (Fsp3) is 0. The quantitative estimate of drug-likeness (QED) is 0.492. The molecule has 0 radical (unpaired) electrons. The third-order valence-electron chi connectivity index (χ3n) is 3.92. The second-order valence-electron chi connectivity index (χ2n) is 5.44. The van der Waals surface area contributed by atoms with Crippen LogP contribution in [0.25, 0.3) is 32.3 Å². The smallest absolute Gasteiger partial charge is 0.410 e. The monoisotopic (exact) mass is 365 g/mol. The molecule has 8 nitrogen and oxygen atoms in total. The average molecular weight is 365 g/mol. The molecule has 0 saturated heterocycles. The Bertz CT molecular complexity index is 1230. The summed E-state index contributed by atoms with van der Waals surface area (Å²) in [5.41, 5.74) is 19.5. The fourth-order valence-corrected chi connectivity index (χ4v) is 3.81. The molecule has 0 bridgehead atoms. The molecule has 6 N–H and O–H groups in total. The van der Waals surface area contributed by atoms with Gasteiger partial charge in [-0.2, -0.15) is 5.26 Å². The van der Waals surface area contributed by atoms with Crippen molar-refractivity contribution in [3.63, 3.8) is 0 Å². The molecule has 3 heterocycles. The average Bonchev–Trinajstić information content (AvgIpc) is 3.17. The molecule has 1 amide bonds. The van der Waals surface area contributed by atoms with Crippen molar-refractivity contribution in [1.82, 2.24) is 4.98 Å². The number of amides is 1. The number of ether oxygens (including phenoxy) is 1. The first-order chi connectivity index (χ1) is 12.5. The SMILES string of the molecule is N#Cc1c(N)nc2sc(OC(N)=O)c(N)c2c1-c1ccc2occc2c1. The predicted octanol–water partition coefficient (Wildman–Crippen LogP) is 3.20. The summed E-state index contributed by atoms with van der Waals surface area (Å²) in [6.45, 7) is 0. The Morgan fingerprint density at radius 1 is 1.31 bits per heavy atom. The number of pyridine rings is 1. The van der Waals surface area contributed by atoms with Crippen molar-refractivity contribution in [3.8, 4) is 22.3 Å². The molecule has 1 aromatic carbocycles. The molecule has 4 aromatic rings. The van der Waals surface area contributed by atoms with Gasteiger partial charge in [-0.1, -0.05) is 17.4 Å². The minimum atomic E-state index is -0.988. The summed E-state index contributed by atoms with van der Waals surface area (Å²) in [7, 11) is 0. The van der Waals surface area contributed by atoms with E-state index in [2.05, 4.69) is 11.1 Å². The van der Waals surface area contributed by atoms with Crippen molar-refractivity contribution in [2.24, 2.45) is 5.73 Å². The number of carbonyl (C=O) groups is 1. The molecule has 0 saturated carbocycles. The van der Waals surface area contributed by atoms with Crippen molar-refractivity contribution in [3.05, 3.63) is 36.1 Å². The maximum Gasteiger partial charge on any atom is 0.410 e. The highest BCUT2D eigenvalue weighted by atomic mass is 32.1. The highest BCUT2D eigenvalue weighted by molar-refractivity contribution is 7.21. The number of anilines is 2. The summed E-state index contributed by atoms with van der Waals surface area (Å²) in [5.74, 6) is 0.0640. The van der Waals surface area contributed by atoms with E-state index in [0.29, 0.717) is 26.9 Å². The van der Waals surface area contributed by atoms with Crippen LogP contribution in [0.1, 0.15) is 5.56 Å². The summed E-state index contributed by atoms with van der Waals surface area (Å²) >= 11 is 1.03. The van der Waals surface area contributed by atoms with Crippen molar-refractivity contribution in [2.45, 2.75) is 0 Å². The van der Waals surface area contributed by atoms with Crippen LogP contribution in [0.15, 0.2) is 34.9 Å². The highest BCUT2D eigenvalue weighted by Gasteiger charge is 2.23. The van der Waals surface area contributed by atoms with Crippen LogP contribution in [0.4, 0.5) is 16.3 Å². The molecule has 0 atom stereocenters. The lowest BCUT2D eigenvalue weighted by atomic mass is 9.97. The molecule has 4 rings (SSSR count). The number of rotatable bonds is 2. The van der Waals surface area contributed by atoms with Gasteiger partial charge in [-0.3, -0.25) is 0 Å². The fourth-order valence-electron chi connectivity index (χ4n) is 2.84. The van der Waals surface area contributed by atoms with Crippen LogP contribution in [0.2, 0.25) is 0 Å². The molecule has 0 aliphatic heterocycles. The number of nitrogens with zero attached hydrogens (tertiary/aromatic N) is 2. The highest BCUT2D eigenvalue weighted by Crippen LogP contribution is 2.46. The van der Waals surface area contributed by atoms with Crippen LogP contribution < -0.4 is 21.9 Å². The van der Waals surface area contributed by atoms with Gasteiger partial charge in [0.15, 0.2) is 0 Å². The third kappa shape index (κ3) is 2.28. The minimum Gasteiger partial charge on any atom is -0.464 e. The van der Waals surface area contributed by atoms with E-state index in [9.17, 15) is 10.1 Å². The molecule has 26 heavy (non-hydrogen) atoms. The van der Waals surface area contributed by atoms with Gasteiger partial charge in [-0.05, 0) is 23.8 Å². The van der Waals surface area contributed by atoms with Gasteiger partial charge >= 0.3 is 6.09 Å². The zero-order valence-corrected chi connectivity index (χ0v) is 14.0. The van der Waals surface area contributed by atoms with E-state index in [4.69, 9.17) is 26.4 Å². The summed E-state index contributed by atoms with van der Waals surface area (Å²) in [5, 5.41) is 11.1. The standard InChI is InChI=1S/C17H11N5O3S/c18-6-9-11(8-1-2-10-7(5-8)3-4-24-10)12-13(19)16(25-17(21)23)26-15(12)22-14(9)20/h1-5H,19H2,(H2,20,22)(H2,21,23). The van der Waals surface area contributed by atoms with E-state index >= 15 is 0 Å². The van der Waals surface area contributed by atoms with E-state index in [1.165, 1.54) is 0 Å². The summed E-state index contributed by atoms with van der Waals surface area (Å²) in [4.78, 5) is 15.8. The largest absolute Gasteiger partial charge is 0.464 e. The van der Waals surface area contributed by atoms with E-state index in [1.54, 1.807) is 18.4 Å². The Morgan fingerprint density at radius 2 is 2.12 bits per heavy atom. The molecule has 128 valence electrons. The topological polar surface area (TPSA) is 154 Å². The summed E-state index contributed by atoms with van der Waals surface area (Å²) in [6, 6.07) is 9.34. The zero-order valence-electron chi connectivity index (χ0n) is 13.1. The second kappa shape index (κ2) is 5.65. The van der Waals surface area contributed by atoms with E-state index in [-0.39, 0.29) is 22.1 Å². The predicted molar refractivity (Wildman–Crippen MR) is 98.6 cm³/mol. The maximum atomic E-state index is 11.1. The van der Waals surface area contributed by atoms with Gasteiger partial charge in [0.25, 0.3) is 0 Å². The Labute approximate surface area is 150 Å². The summed E-state index contributed by atoms with van der Waals surface area (Å²) < 4.78 is 10.3. The lowest BCUT2D eigenvalue weighted by Crippen LogP contribution is -2.16. The maximum absolute atomic E-state index is 11.1. The van der Waals surface area contributed by atoms with Crippen LogP contribution in [-0.4, -0.2) is 11.1 Å². The molecule has 0 aliphatic rings. The van der Waals surface area contributed by atoms with Gasteiger partial charge in [-0.25, -0.2) is 9.78 Å². The first-order valence-electron chi connectivity index (χ1n) is 7.36. The molecule has 0 unspecified atom stereocenters. The first kappa shape index (κ1) is 15.7. The minimum absolute atomic E-state index is 0.0640. The Kier molecular flexibility index (Phi) is 3.42. The number of furan rings is 1. The molecule has 0 spiro atoms. The van der Waals surface area contributed by atoms with Gasteiger partial charge in [0.05, 0.1) is 12.0 Å². The van der Waals surface area contributed by atoms with Crippen molar-refractivity contribution in [1.29, 1.82) is 5.26 Å². The number of nitrogen functional groups attached to an aromatic ring is 2. The van der Waals surface area contributed by atoms with Gasteiger partial charge in [0.1, 0.15) is 27.9 Å². The van der Waals surface area contributed by atoms with Crippen molar-refractivity contribution < 1.29 is 13.9 Å². The lowest BCUT2D eigenvalue weighted by molar-refractivity contribution is 0.212. The van der Waals surface area contributed by atoms with Crippen LogP contribution >= 0.6 is 11.3 Å². The molecule has 9 heteroatoms. The molecular weight excluding hydrogens is 354 g/mol. The second-order valence-corrected chi connectivity index (χ2v) is 6.40. The molecule has 0 aliphatic carbocycles. The third-order valence-corrected chi connectivity index (χ3v) is 4.89. The number of aromatic nitrogens is 1. The van der Waals surface area contributed by atoms with Gasteiger partial charge in [-0.15, -0.1) is 0 Å². The van der Waals surface area contributed by atoms with Gasteiger partial charge in [0, 0.05) is 16.3 Å². The number of primary amides is 1. The molecule has 3 aromatic heterocycles. The van der Waals surface area contributed by atoms with E-state index < -0.39 is 6.09 Å². The van der Waals surface area contributed by atoms with Crippen molar-refractivity contribution in [2.75, 3.05) is 11.5 Å².